The van der Waals surface area contributed by atoms with Crippen molar-refractivity contribution < 1.29 is 22.0 Å². The van der Waals surface area contributed by atoms with Gasteiger partial charge in [0.15, 0.2) is 0 Å². The van der Waals surface area contributed by atoms with Crippen molar-refractivity contribution in [3.05, 3.63) is 59.9 Å². The molecule has 160 valence electrons. The van der Waals surface area contributed by atoms with Gasteiger partial charge in [-0.05, 0) is 35.9 Å². The molecule has 0 bridgehead atoms. The molecule has 0 aliphatic rings. The zero-order valence-corrected chi connectivity index (χ0v) is 18.4. The van der Waals surface area contributed by atoms with E-state index in [4.69, 9.17) is 4.42 Å². The fourth-order valence-corrected chi connectivity index (χ4v) is 3.43. The summed E-state index contributed by atoms with van der Waals surface area (Å²) in [5.41, 5.74) is 2.02. The van der Waals surface area contributed by atoms with Gasteiger partial charge in [0.05, 0.1) is 17.5 Å². The number of carbonyl (C=O) groups excluding carboxylic acids is 1. The van der Waals surface area contributed by atoms with Gasteiger partial charge < -0.3 is 9.73 Å². The monoisotopic (exact) mass is 432 g/mol. The van der Waals surface area contributed by atoms with Crippen molar-refractivity contribution in [3.63, 3.8) is 0 Å². The normalized spacial score (nSPS) is 10.9. The van der Waals surface area contributed by atoms with Crippen LogP contribution in [0.3, 0.4) is 0 Å². The number of nitrogens with zero attached hydrogens (tertiary/aromatic N) is 1. The zero-order chi connectivity index (χ0) is 22.6. The van der Waals surface area contributed by atoms with E-state index in [0.717, 1.165) is 10.6 Å². The second-order valence-electron chi connectivity index (χ2n) is 6.23. The molecule has 0 aliphatic heterocycles. The molecule has 6 nitrogen and oxygen atoms in total. The van der Waals surface area contributed by atoms with Crippen LogP contribution in [-0.4, -0.2) is 34.7 Å². The van der Waals surface area contributed by atoms with Gasteiger partial charge in [-0.1, -0.05) is 26.5 Å². The quantitative estimate of drug-likeness (QED) is 0.636. The van der Waals surface area contributed by atoms with Crippen LogP contribution in [0, 0.1) is 5.82 Å². The molecule has 0 atom stereocenters. The van der Waals surface area contributed by atoms with Crippen molar-refractivity contribution in [2.75, 3.05) is 24.7 Å². The number of sulfonamides is 1. The van der Waals surface area contributed by atoms with E-state index in [1.54, 1.807) is 12.1 Å². The maximum atomic E-state index is 13.3. The summed E-state index contributed by atoms with van der Waals surface area (Å²) in [5, 5.41) is 3.07. The Morgan fingerprint density at radius 2 is 1.80 bits per heavy atom. The molecule has 1 heterocycles. The van der Waals surface area contributed by atoms with Gasteiger partial charge in [-0.2, -0.15) is 0 Å². The molecule has 1 amide bonds. The van der Waals surface area contributed by atoms with Crippen LogP contribution in [0.15, 0.2) is 47.4 Å². The smallest absolute Gasteiger partial charge is 0.255 e. The molecule has 0 spiro atoms. The number of amides is 1. The molecule has 0 unspecified atom stereocenters. The Labute approximate surface area is 176 Å². The number of carbonyl (C=O) groups is 1. The number of nitrogens with one attached hydrogen (secondary N) is 1. The lowest BCUT2D eigenvalue weighted by atomic mass is 10.0. The average molecular weight is 433 g/mol. The third kappa shape index (κ3) is 4.38. The predicted molar refractivity (Wildman–Crippen MR) is 120 cm³/mol. The van der Waals surface area contributed by atoms with Crippen LogP contribution in [0.25, 0.3) is 28.4 Å². The van der Waals surface area contributed by atoms with Crippen LogP contribution in [0.2, 0.25) is 0 Å². The lowest BCUT2D eigenvalue weighted by Gasteiger charge is -2.19. The molecule has 3 aromatic rings. The van der Waals surface area contributed by atoms with Gasteiger partial charge in [0.1, 0.15) is 17.2 Å². The molecule has 30 heavy (non-hydrogen) atoms. The molecule has 3 rings (SSSR count). The Hall–Kier alpha value is -3.13. The van der Waals surface area contributed by atoms with Gasteiger partial charge in [0.25, 0.3) is 5.91 Å². The second-order valence-corrected chi connectivity index (χ2v) is 8.25. The Bertz CT molecular complexity index is 1180. The van der Waals surface area contributed by atoms with E-state index < -0.39 is 15.8 Å². The Morgan fingerprint density at radius 3 is 2.30 bits per heavy atom. The van der Waals surface area contributed by atoms with Gasteiger partial charge >= 0.3 is 0 Å². The number of anilines is 1. The number of benzene rings is 2. The minimum atomic E-state index is -3.52. The standard InChI is InChI=1S/C20H19FN2O4S.C2H6/c1-5-12-10-15-17(11-16(12)23(3)28(4,25)26)27-19(18(15)20(24)22-2)13-6-8-14(21)9-7-13;1-2/h5-11H,1H2,2-4H3,(H,22,24);1-2H3. The first-order valence-electron chi connectivity index (χ1n) is 9.32. The lowest BCUT2D eigenvalue weighted by molar-refractivity contribution is 0.0964. The summed E-state index contributed by atoms with van der Waals surface area (Å²) in [7, 11) is -0.596. The van der Waals surface area contributed by atoms with Crippen LogP contribution in [0.5, 0.6) is 0 Å². The van der Waals surface area contributed by atoms with Gasteiger partial charge in [-0.3, -0.25) is 9.10 Å². The van der Waals surface area contributed by atoms with E-state index in [9.17, 15) is 17.6 Å². The van der Waals surface area contributed by atoms with E-state index in [0.29, 0.717) is 27.8 Å². The topological polar surface area (TPSA) is 79.6 Å². The minimum Gasteiger partial charge on any atom is -0.455 e. The van der Waals surface area contributed by atoms with E-state index in [1.807, 2.05) is 13.8 Å². The number of fused-ring (bicyclic) bond motifs is 1. The average Bonchev–Trinajstić information content (AvgIpc) is 3.11. The number of furan rings is 1. The molecular weight excluding hydrogens is 407 g/mol. The lowest BCUT2D eigenvalue weighted by Crippen LogP contribution is -2.25. The van der Waals surface area contributed by atoms with Crippen molar-refractivity contribution in [2.45, 2.75) is 13.8 Å². The molecular formula is C22H25FN2O4S. The summed E-state index contributed by atoms with van der Waals surface area (Å²) >= 11 is 0. The van der Waals surface area contributed by atoms with Crippen molar-refractivity contribution >= 4 is 38.7 Å². The van der Waals surface area contributed by atoms with Crippen LogP contribution < -0.4 is 9.62 Å². The summed E-state index contributed by atoms with van der Waals surface area (Å²) in [4.78, 5) is 12.5. The Morgan fingerprint density at radius 1 is 1.20 bits per heavy atom. The number of hydrogen-bond donors (Lipinski definition) is 1. The van der Waals surface area contributed by atoms with Crippen LogP contribution >= 0.6 is 0 Å². The highest BCUT2D eigenvalue weighted by Gasteiger charge is 2.24. The summed E-state index contributed by atoms with van der Waals surface area (Å²) in [6.45, 7) is 7.74. The first kappa shape index (κ1) is 23.2. The van der Waals surface area contributed by atoms with Crippen molar-refractivity contribution in [3.8, 4) is 11.3 Å². The summed E-state index contributed by atoms with van der Waals surface area (Å²) in [5.74, 6) is -0.520. The molecule has 0 aliphatic carbocycles. The first-order chi connectivity index (χ1) is 14.2. The second kappa shape index (κ2) is 9.13. The highest BCUT2D eigenvalue weighted by Crippen LogP contribution is 2.38. The summed E-state index contributed by atoms with van der Waals surface area (Å²) in [6.07, 6.45) is 2.60. The fraction of sp³-hybridized carbons (Fsp3) is 0.227. The molecule has 1 aromatic heterocycles. The SMILES string of the molecule is C=Cc1cc2c(C(=O)NC)c(-c3ccc(F)cc3)oc2cc1N(C)S(C)(=O)=O.CC. The van der Waals surface area contributed by atoms with E-state index in [2.05, 4.69) is 11.9 Å². The largest absolute Gasteiger partial charge is 0.455 e. The minimum absolute atomic E-state index is 0.267. The van der Waals surface area contributed by atoms with Crippen molar-refractivity contribution in [1.82, 2.24) is 5.32 Å². The molecule has 0 radical (unpaired) electrons. The third-order valence-corrected chi connectivity index (χ3v) is 5.65. The Balaban J connectivity index is 0.00000155. The van der Waals surface area contributed by atoms with Gasteiger partial charge in [0.2, 0.25) is 10.0 Å². The number of halogens is 1. The molecule has 0 saturated heterocycles. The molecule has 1 N–H and O–H groups in total. The van der Waals surface area contributed by atoms with Gasteiger partial charge in [-0.25, -0.2) is 12.8 Å². The van der Waals surface area contributed by atoms with Gasteiger partial charge in [0, 0.05) is 31.1 Å². The molecule has 8 heteroatoms. The van der Waals surface area contributed by atoms with E-state index >= 15 is 0 Å². The highest BCUT2D eigenvalue weighted by atomic mass is 32.2. The fourth-order valence-electron chi connectivity index (χ4n) is 2.92. The van der Waals surface area contributed by atoms with Crippen LogP contribution in [0.1, 0.15) is 29.8 Å². The highest BCUT2D eigenvalue weighted by molar-refractivity contribution is 7.92. The first-order valence-corrected chi connectivity index (χ1v) is 11.2. The maximum absolute atomic E-state index is 13.3. The van der Waals surface area contributed by atoms with E-state index in [-0.39, 0.29) is 17.2 Å². The van der Waals surface area contributed by atoms with Crippen molar-refractivity contribution in [2.24, 2.45) is 0 Å². The molecule has 0 saturated carbocycles. The summed E-state index contributed by atoms with van der Waals surface area (Å²) < 4.78 is 44.3. The molecule has 0 fully saturated rings. The van der Waals surface area contributed by atoms with E-state index in [1.165, 1.54) is 44.4 Å². The van der Waals surface area contributed by atoms with Crippen LogP contribution in [0.4, 0.5) is 10.1 Å². The maximum Gasteiger partial charge on any atom is 0.255 e. The van der Waals surface area contributed by atoms with Crippen molar-refractivity contribution in [1.29, 1.82) is 0 Å². The summed E-state index contributed by atoms with van der Waals surface area (Å²) in [6, 6.07) is 8.77. The Kier molecular flexibility index (Phi) is 7.04. The third-order valence-electron chi connectivity index (χ3n) is 4.45. The molecule has 2 aromatic carbocycles. The van der Waals surface area contributed by atoms with Crippen LogP contribution in [-0.2, 0) is 10.0 Å². The predicted octanol–water partition coefficient (Wildman–Crippen LogP) is 4.66. The number of hydrogen-bond acceptors (Lipinski definition) is 4. The zero-order valence-electron chi connectivity index (χ0n) is 17.6. The van der Waals surface area contributed by atoms with Gasteiger partial charge in [-0.15, -0.1) is 0 Å². The number of rotatable bonds is 5.